The first kappa shape index (κ1) is 14.3. The Morgan fingerprint density at radius 3 is 2.50 bits per heavy atom. The SMILES string of the molecule is CCOC(=O)C1=C(C)NC(c2ccccc2)=NC1(C)C. The summed E-state index contributed by atoms with van der Waals surface area (Å²) in [6.45, 7) is 7.89. The lowest BCUT2D eigenvalue weighted by atomic mass is 9.91. The van der Waals surface area contributed by atoms with E-state index in [2.05, 4.69) is 10.3 Å². The van der Waals surface area contributed by atoms with Crippen LogP contribution in [0.15, 0.2) is 46.6 Å². The van der Waals surface area contributed by atoms with Crippen LogP contribution in [0.5, 0.6) is 0 Å². The summed E-state index contributed by atoms with van der Waals surface area (Å²) in [6.07, 6.45) is 0. The van der Waals surface area contributed by atoms with E-state index in [1.165, 1.54) is 0 Å². The molecule has 0 aliphatic carbocycles. The van der Waals surface area contributed by atoms with Crippen molar-refractivity contribution in [3.63, 3.8) is 0 Å². The fourth-order valence-corrected chi connectivity index (χ4v) is 2.40. The van der Waals surface area contributed by atoms with E-state index < -0.39 is 5.54 Å². The molecule has 1 aromatic rings. The van der Waals surface area contributed by atoms with Crippen molar-refractivity contribution in [3.8, 4) is 0 Å². The van der Waals surface area contributed by atoms with Crippen molar-refractivity contribution in [1.29, 1.82) is 0 Å². The van der Waals surface area contributed by atoms with Crippen molar-refractivity contribution in [2.45, 2.75) is 33.2 Å². The van der Waals surface area contributed by atoms with Crippen molar-refractivity contribution in [1.82, 2.24) is 5.32 Å². The molecule has 0 saturated heterocycles. The zero-order chi connectivity index (χ0) is 14.8. The number of nitrogens with one attached hydrogen (secondary N) is 1. The maximum absolute atomic E-state index is 12.1. The number of amidine groups is 1. The second-order valence-corrected chi connectivity index (χ2v) is 5.23. The molecule has 20 heavy (non-hydrogen) atoms. The van der Waals surface area contributed by atoms with Gasteiger partial charge in [0.2, 0.25) is 0 Å². The second-order valence-electron chi connectivity index (χ2n) is 5.23. The molecule has 0 aromatic heterocycles. The number of carbonyl (C=O) groups is 1. The maximum Gasteiger partial charge on any atom is 0.338 e. The fraction of sp³-hybridized carbons (Fsp3) is 0.375. The molecule has 1 aliphatic heterocycles. The molecule has 1 aliphatic rings. The van der Waals surface area contributed by atoms with Gasteiger partial charge < -0.3 is 10.1 Å². The lowest BCUT2D eigenvalue weighted by Crippen LogP contribution is -2.40. The highest BCUT2D eigenvalue weighted by atomic mass is 16.5. The number of ether oxygens (including phenoxy) is 1. The van der Waals surface area contributed by atoms with E-state index in [0.717, 1.165) is 17.1 Å². The van der Waals surface area contributed by atoms with Crippen LogP contribution < -0.4 is 5.32 Å². The monoisotopic (exact) mass is 272 g/mol. The number of benzene rings is 1. The highest BCUT2D eigenvalue weighted by Gasteiger charge is 2.35. The average molecular weight is 272 g/mol. The predicted molar refractivity (Wildman–Crippen MR) is 79.5 cm³/mol. The molecule has 0 amide bonds. The van der Waals surface area contributed by atoms with Crippen LogP contribution in [-0.4, -0.2) is 24.0 Å². The average Bonchev–Trinajstić information content (AvgIpc) is 2.38. The Kier molecular flexibility index (Phi) is 3.93. The van der Waals surface area contributed by atoms with Crippen LogP contribution in [-0.2, 0) is 9.53 Å². The summed E-state index contributed by atoms with van der Waals surface area (Å²) in [4.78, 5) is 16.7. The summed E-state index contributed by atoms with van der Waals surface area (Å²) in [6, 6.07) is 9.87. The molecule has 4 heteroatoms. The number of hydrogen-bond donors (Lipinski definition) is 1. The van der Waals surface area contributed by atoms with Gasteiger partial charge in [-0.1, -0.05) is 30.3 Å². The first-order valence-electron chi connectivity index (χ1n) is 6.76. The third-order valence-electron chi connectivity index (χ3n) is 3.21. The largest absolute Gasteiger partial charge is 0.463 e. The van der Waals surface area contributed by atoms with Crippen LogP contribution in [0.25, 0.3) is 0 Å². The van der Waals surface area contributed by atoms with Gasteiger partial charge in [0.1, 0.15) is 5.84 Å². The van der Waals surface area contributed by atoms with Crippen LogP contribution in [0.4, 0.5) is 0 Å². The number of esters is 1. The predicted octanol–water partition coefficient (Wildman–Crippen LogP) is 2.65. The molecule has 0 bridgehead atoms. The molecule has 2 rings (SSSR count). The summed E-state index contributed by atoms with van der Waals surface area (Å²) in [5.74, 6) is 0.472. The zero-order valence-electron chi connectivity index (χ0n) is 12.4. The van der Waals surface area contributed by atoms with E-state index in [4.69, 9.17) is 4.74 Å². The first-order chi connectivity index (χ1) is 9.45. The minimum Gasteiger partial charge on any atom is -0.463 e. The molecule has 1 heterocycles. The molecule has 0 fully saturated rings. The highest BCUT2D eigenvalue weighted by Crippen LogP contribution is 2.28. The molecular formula is C16H20N2O2. The second kappa shape index (κ2) is 5.49. The van der Waals surface area contributed by atoms with Crippen molar-refractivity contribution >= 4 is 11.8 Å². The quantitative estimate of drug-likeness (QED) is 0.861. The molecule has 106 valence electrons. The van der Waals surface area contributed by atoms with Gasteiger partial charge in [-0.2, -0.15) is 0 Å². The van der Waals surface area contributed by atoms with Crippen molar-refractivity contribution in [3.05, 3.63) is 47.2 Å². The lowest BCUT2D eigenvalue weighted by Gasteiger charge is -2.31. The van der Waals surface area contributed by atoms with Gasteiger partial charge in [0.05, 0.1) is 17.7 Å². The molecule has 4 nitrogen and oxygen atoms in total. The summed E-state index contributed by atoms with van der Waals surface area (Å²) in [7, 11) is 0. The number of hydrogen-bond acceptors (Lipinski definition) is 4. The fourth-order valence-electron chi connectivity index (χ4n) is 2.40. The molecule has 0 unspecified atom stereocenters. The standard InChI is InChI=1S/C16H20N2O2/c1-5-20-15(19)13-11(2)17-14(18-16(13,3)4)12-9-7-6-8-10-12/h6-10H,5H2,1-4H3,(H,17,18). The van der Waals surface area contributed by atoms with Gasteiger partial charge >= 0.3 is 5.97 Å². The van der Waals surface area contributed by atoms with E-state index in [1.54, 1.807) is 6.92 Å². The van der Waals surface area contributed by atoms with E-state index in [-0.39, 0.29) is 5.97 Å². The molecular weight excluding hydrogens is 252 g/mol. The third kappa shape index (κ3) is 2.74. The normalized spacial score (nSPS) is 17.3. The molecule has 0 spiro atoms. The van der Waals surface area contributed by atoms with Gasteiger partial charge in [0.15, 0.2) is 0 Å². The maximum atomic E-state index is 12.1. The van der Waals surface area contributed by atoms with Gasteiger partial charge in [-0.3, -0.25) is 4.99 Å². The number of allylic oxidation sites excluding steroid dienone is 1. The van der Waals surface area contributed by atoms with Crippen molar-refractivity contribution in [2.24, 2.45) is 4.99 Å². The minimum atomic E-state index is -0.604. The van der Waals surface area contributed by atoms with Crippen LogP contribution >= 0.6 is 0 Å². The van der Waals surface area contributed by atoms with E-state index in [1.807, 2.05) is 51.1 Å². The van der Waals surface area contributed by atoms with Crippen molar-refractivity contribution < 1.29 is 9.53 Å². The molecule has 0 radical (unpaired) electrons. The number of aliphatic imine (C=N–C) groups is 1. The third-order valence-corrected chi connectivity index (χ3v) is 3.21. The van der Waals surface area contributed by atoms with E-state index in [0.29, 0.717) is 12.2 Å². The van der Waals surface area contributed by atoms with Crippen LogP contribution in [0.1, 0.15) is 33.3 Å². The van der Waals surface area contributed by atoms with Crippen LogP contribution in [0.3, 0.4) is 0 Å². The number of nitrogens with zero attached hydrogens (tertiary/aromatic N) is 1. The van der Waals surface area contributed by atoms with Gasteiger partial charge in [-0.25, -0.2) is 4.79 Å². The molecule has 0 saturated carbocycles. The number of carbonyl (C=O) groups excluding carboxylic acids is 1. The number of rotatable bonds is 3. The first-order valence-corrected chi connectivity index (χ1v) is 6.76. The van der Waals surface area contributed by atoms with Crippen LogP contribution in [0, 0.1) is 0 Å². The minimum absolute atomic E-state index is 0.307. The van der Waals surface area contributed by atoms with Crippen LogP contribution in [0.2, 0.25) is 0 Å². The molecule has 1 N–H and O–H groups in total. The summed E-state index contributed by atoms with van der Waals surface area (Å²) >= 11 is 0. The lowest BCUT2D eigenvalue weighted by molar-refractivity contribution is -0.139. The summed E-state index contributed by atoms with van der Waals surface area (Å²) in [5.41, 5.74) is 1.77. The Morgan fingerprint density at radius 2 is 1.95 bits per heavy atom. The Labute approximate surface area is 119 Å². The Bertz CT molecular complexity index is 571. The summed E-state index contributed by atoms with van der Waals surface area (Å²) < 4.78 is 5.12. The van der Waals surface area contributed by atoms with Gasteiger partial charge in [-0.15, -0.1) is 0 Å². The molecule has 0 atom stereocenters. The van der Waals surface area contributed by atoms with Gasteiger partial charge in [0, 0.05) is 11.3 Å². The van der Waals surface area contributed by atoms with Gasteiger partial charge in [-0.05, 0) is 27.7 Å². The Balaban J connectivity index is 2.37. The van der Waals surface area contributed by atoms with Crippen molar-refractivity contribution in [2.75, 3.05) is 6.61 Å². The smallest absolute Gasteiger partial charge is 0.338 e. The Hall–Kier alpha value is -2.10. The molecule has 1 aromatic carbocycles. The van der Waals surface area contributed by atoms with Gasteiger partial charge in [0.25, 0.3) is 0 Å². The Morgan fingerprint density at radius 1 is 1.30 bits per heavy atom. The van der Waals surface area contributed by atoms with E-state index in [9.17, 15) is 4.79 Å². The van der Waals surface area contributed by atoms with E-state index >= 15 is 0 Å². The highest BCUT2D eigenvalue weighted by molar-refractivity contribution is 6.04. The summed E-state index contributed by atoms with van der Waals surface area (Å²) in [5, 5.41) is 3.21. The zero-order valence-corrected chi connectivity index (χ0v) is 12.4. The topological polar surface area (TPSA) is 50.7 Å².